The smallest absolute Gasteiger partial charge is 0.328 e. The van der Waals surface area contributed by atoms with Crippen LogP contribution >= 0.6 is 0 Å². The Morgan fingerprint density at radius 3 is 2.08 bits per heavy atom. The number of hydrogen-bond acceptors (Lipinski definition) is 10. The molecule has 0 saturated heterocycles. The molecule has 0 aliphatic rings. The summed E-state index contributed by atoms with van der Waals surface area (Å²) in [4.78, 5) is 22.5. The normalized spacial score (nSPS) is 10.6. The first kappa shape index (κ1) is 26.3. The van der Waals surface area contributed by atoms with Crippen LogP contribution in [0.3, 0.4) is 0 Å². The van der Waals surface area contributed by atoms with Gasteiger partial charge in [0.2, 0.25) is 11.2 Å². The van der Waals surface area contributed by atoms with Gasteiger partial charge in [-0.2, -0.15) is 0 Å². The van der Waals surface area contributed by atoms with Crippen LogP contribution in [-0.2, 0) is 4.79 Å². The number of rotatable bonds is 5. The quantitative estimate of drug-likeness (QED) is 0.214. The lowest BCUT2D eigenvalue weighted by Gasteiger charge is -2.09. The van der Waals surface area contributed by atoms with Crippen LogP contribution in [0.25, 0.3) is 28.4 Å². The molecule has 6 N–H and O–H groups in total. The highest BCUT2D eigenvalue weighted by Gasteiger charge is 2.19. The molecule has 3 aromatic carbocycles. The van der Waals surface area contributed by atoms with Crippen molar-refractivity contribution in [3.8, 4) is 51.6 Å². The zero-order valence-corrected chi connectivity index (χ0v) is 19.5. The van der Waals surface area contributed by atoms with E-state index in [9.17, 15) is 35.1 Å². The SMILES string of the molecule is COc1cc(-c2oc3cc(O)cc(O)c3c(=O)c2O)ccc1O.COc1cc(/C=C/C(=O)O)ccc1O. The number of carbonyl (C=O) groups is 1. The number of aliphatic carboxylic acids is 1. The number of ether oxygens (including phenoxy) is 2. The van der Waals surface area contributed by atoms with Crippen molar-refractivity contribution >= 4 is 23.0 Å². The number of phenols is 4. The van der Waals surface area contributed by atoms with Gasteiger partial charge in [-0.1, -0.05) is 6.07 Å². The molecule has 1 aromatic heterocycles. The zero-order valence-electron chi connectivity index (χ0n) is 19.5. The second-order valence-electron chi connectivity index (χ2n) is 7.44. The van der Waals surface area contributed by atoms with E-state index in [1.807, 2.05) is 0 Å². The number of fused-ring (bicyclic) bond motifs is 1. The Labute approximate surface area is 208 Å². The molecule has 0 aliphatic carbocycles. The van der Waals surface area contributed by atoms with E-state index in [0.717, 1.165) is 18.2 Å². The zero-order chi connectivity index (χ0) is 27.3. The molecular formula is C26H22O11. The van der Waals surface area contributed by atoms with E-state index in [2.05, 4.69) is 0 Å². The second-order valence-corrected chi connectivity index (χ2v) is 7.44. The maximum Gasteiger partial charge on any atom is 0.328 e. The van der Waals surface area contributed by atoms with Crippen molar-refractivity contribution in [2.45, 2.75) is 0 Å². The molecule has 37 heavy (non-hydrogen) atoms. The molecule has 0 unspecified atom stereocenters. The van der Waals surface area contributed by atoms with Crippen molar-refractivity contribution < 1.29 is 49.3 Å². The minimum Gasteiger partial charge on any atom is -0.508 e. The molecule has 0 aliphatic heterocycles. The third-order valence-corrected chi connectivity index (χ3v) is 5.00. The summed E-state index contributed by atoms with van der Waals surface area (Å²) in [6.07, 6.45) is 2.44. The van der Waals surface area contributed by atoms with Gasteiger partial charge in [0.1, 0.15) is 22.5 Å². The number of methoxy groups -OCH3 is 2. The average Bonchev–Trinajstić information content (AvgIpc) is 2.86. The second kappa shape index (κ2) is 11.0. The molecule has 0 fully saturated rings. The number of carboxylic acid groups (broad SMARTS) is 1. The van der Waals surface area contributed by atoms with Crippen molar-refractivity contribution in [3.63, 3.8) is 0 Å². The van der Waals surface area contributed by atoms with Gasteiger partial charge in [0.05, 0.1) is 14.2 Å². The molecule has 11 nitrogen and oxygen atoms in total. The summed E-state index contributed by atoms with van der Waals surface area (Å²) in [7, 11) is 2.78. The van der Waals surface area contributed by atoms with E-state index < -0.39 is 22.9 Å². The van der Waals surface area contributed by atoms with E-state index in [1.165, 1.54) is 44.6 Å². The van der Waals surface area contributed by atoms with Gasteiger partial charge in [-0.05, 0) is 42.0 Å². The highest BCUT2D eigenvalue weighted by molar-refractivity contribution is 5.88. The van der Waals surface area contributed by atoms with Crippen molar-refractivity contribution in [2.24, 2.45) is 0 Å². The largest absolute Gasteiger partial charge is 0.508 e. The first-order chi connectivity index (χ1) is 17.5. The van der Waals surface area contributed by atoms with Crippen molar-refractivity contribution in [1.82, 2.24) is 0 Å². The van der Waals surface area contributed by atoms with Crippen LogP contribution < -0.4 is 14.9 Å². The number of aromatic hydroxyl groups is 5. The van der Waals surface area contributed by atoms with E-state index in [1.54, 1.807) is 12.1 Å². The Morgan fingerprint density at radius 2 is 1.46 bits per heavy atom. The molecule has 1 heterocycles. The summed E-state index contributed by atoms with van der Waals surface area (Å²) in [5, 5.41) is 56.4. The van der Waals surface area contributed by atoms with Gasteiger partial charge in [0, 0.05) is 23.8 Å². The Morgan fingerprint density at radius 1 is 0.838 bits per heavy atom. The van der Waals surface area contributed by atoms with Gasteiger partial charge in [-0.25, -0.2) is 4.79 Å². The third kappa shape index (κ3) is 5.85. The molecule has 0 amide bonds. The van der Waals surface area contributed by atoms with E-state index in [0.29, 0.717) is 11.3 Å². The summed E-state index contributed by atoms with van der Waals surface area (Å²) in [6, 6.07) is 10.8. The number of carboxylic acids is 1. The maximum absolute atomic E-state index is 12.2. The monoisotopic (exact) mass is 510 g/mol. The fourth-order valence-corrected chi connectivity index (χ4v) is 3.26. The van der Waals surface area contributed by atoms with Gasteiger partial charge in [0.25, 0.3) is 0 Å². The van der Waals surface area contributed by atoms with Crippen LogP contribution in [-0.4, -0.2) is 50.8 Å². The van der Waals surface area contributed by atoms with Crippen molar-refractivity contribution in [3.05, 3.63) is 70.4 Å². The lowest BCUT2D eigenvalue weighted by Crippen LogP contribution is -2.03. The van der Waals surface area contributed by atoms with Gasteiger partial charge >= 0.3 is 5.97 Å². The molecule has 0 radical (unpaired) electrons. The molecule has 192 valence electrons. The lowest BCUT2D eigenvalue weighted by molar-refractivity contribution is -0.131. The van der Waals surface area contributed by atoms with Crippen molar-refractivity contribution in [1.29, 1.82) is 0 Å². The molecule has 4 aromatic rings. The van der Waals surface area contributed by atoms with Gasteiger partial charge in [-0.15, -0.1) is 0 Å². The average molecular weight is 510 g/mol. The minimum atomic E-state index is -1.02. The highest BCUT2D eigenvalue weighted by atomic mass is 16.5. The van der Waals surface area contributed by atoms with Crippen LogP contribution in [0.4, 0.5) is 0 Å². The number of phenolic OH excluding ortho intramolecular Hbond substituents is 4. The number of benzene rings is 3. The van der Waals surface area contributed by atoms with Gasteiger partial charge < -0.3 is 44.5 Å². The summed E-state index contributed by atoms with van der Waals surface area (Å²) in [5.41, 5.74) is -0.000772. The molecule has 0 bridgehead atoms. The van der Waals surface area contributed by atoms with Crippen LogP contribution in [0, 0.1) is 0 Å². The Kier molecular flexibility index (Phi) is 7.78. The fourth-order valence-electron chi connectivity index (χ4n) is 3.26. The predicted octanol–water partition coefficient (Wildman–Crippen LogP) is 3.79. The maximum atomic E-state index is 12.2. The van der Waals surface area contributed by atoms with Crippen LogP contribution in [0.2, 0.25) is 0 Å². The molecule has 0 atom stereocenters. The Bertz CT molecular complexity index is 1550. The predicted molar refractivity (Wildman–Crippen MR) is 132 cm³/mol. The Balaban J connectivity index is 0.000000233. The van der Waals surface area contributed by atoms with Gasteiger partial charge in [-0.3, -0.25) is 4.79 Å². The molecular weight excluding hydrogens is 488 g/mol. The number of hydrogen-bond donors (Lipinski definition) is 6. The summed E-state index contributed by atoms with van der Waals surface area (Å²) >= 11 is 0. The minimum absolute atomic E-state index is 0.0278. The third-order valence-electron chi connectivity index (χ3n) is 5.00. The molecule has 11 heteroatoms. The van der Waals surface area contributed by atoms with Crippen LogP contribution in [0.1, 0.15) is 5.56 Å². The first-order valence-electron chi connectivity index (χ1n) is 10.4. The van der Waals surface area contributed by atoms with E-state index >= 15 is 0 Å². The Hall–Kier alpha value is -5.32. The summed E-state index contributed by atoms with van der Waals surface area (Å²) in [6.45, 7) is 0. The van der Waals surface area contributed by atoms with Crippen molar-refractivity contribution in [2.75, 3.05) is 14.2 Å². The standard InChI is InChI=1S/C16H12O7.C10H10O4/c1-22-11-4-7(2-3-9(11)18)16-15(21)14(20)13-10(19)5-8(17)6-12(13)23-16;1-14-9-6-7(2-4-8(9)11)3-5-10(12)13/h2-6,17-19,21H,1H3;2-6,11H,1H3,(H,12,13)/b;5-3+. The fraction of sp³-hybridized carbons (Fsp3) is 0.0769. The lowest BCUT2D eigenvalue weighted by atomic mass is 10.1. The molecule has 0 saturated carbocycles. The summed E-state index contributed by atoms with van der Waals surface area (Å²) in [5.74, 6) is -2.33. The summed E-state index contributed by atoms with van der Waals surface area (Å²) < 4.78 is 15.3. The molecule has 4 rings (SSSR count). The van der Waals surface area contributed by atoms with E-state index in [4.69, 9.17) is 19.0 Å². The van der Waals surface area contributed by atoms with Crippen LogP contribution in [0.5, 0.6) is 40.2 Å². The van der Waals surface area contributed by atoms with Crippen LogP contribution in [0.15, 0.2) is 63.8 Å². The van der Waals surface area contributed by atoms with Gasteiger partial charge in [0.15, 0.2) is 28.8 Å². The first-order valence-corrected chi connectivity index (χ1v) is 10.4. The molecule has 0 spiro atoms. The van der Waals surface area contributed by atoms with E-state index in [-0.39, 0.29) is 45.3 Å². The topological polar surface area (TPSA) is 187 Å². The highest BCUT2D eigenvalue weighted by Crippen LogP contribution is 2.38.